The van der Waals surface area contributed by atoms with E-state index in [0.717, 1.165) is 35.9 Å². The van der Waals surface area contributed by atoms with Crippen LogP contribution >= 0.6 is 45.3 Å². The number of carbonyl (C=O) groups excluding carboxylic acids is 1. The molecule has 0 unspecified atom stereocenters. The summed E-state index contributed by atoms with van der Waals surface area (Å²) in [6.07, 6.45) is 0. The number of thiophene rings is 2. The van der Waals surface area contributed by atoms with Crippen molar-refractivity contribution in [2.24, 2.45) is 0 Å². The first-order chi connectivity index (χ1) is 14.7. The monoisotopic (exact) mass is 539 g/mol. The van der Waals surface area contributed by atoms with Gasteiger partial charge in [-0.25, -0.2) is 9.97 Å². The fourth-order valence-corrected chi connectivity index (χ4v) is 4.89. The highest BCUT2D eigenvalue weighted by atomic mass is 127. The number of fused-ring (bicyclic) bond motifs is 1. The van der Waals surface area contributed by atoms with Gasteiger partial charge in [-0.15, -0.1) is 22.7 Å². The summed E-state index contributed by atoms with van der Waals surface area (Å²) in [6, 6.07) is 21.3. The van der Waals surface area contributed by atoms with Crippen LogP contribution in [0.25, 0.3) is 32.2 Å². The van der Waals surface area contributed by atoms with Crippen molar-refractivity contribution in [3.8, 4) is 21.1 Å². The quantitative estimate of drug-likeness (QED) is 0.252. The lowest BCUT2D eigenvalue weighted by atomic mass is 10.1. The summed E-state index contributed by atoms with van der Waals surface area (Å²) in [6.45, 7) is 0. The van der Waals surface area contributed by atoms with Gasteiger partial charge in [0.15, 0.2) is 0 Å². The summed E-state index contributed by atoms with van der Waals surface area (Å²) >= 11 is 5.51. The van der Waals surface area contributed by atoms with Crippen LogP contribution in [0.5, 0.6) is 0 Å². The lowest BCUT2D eigenvalue weighted by molar-refractivity contribution is 0.102. The van der Waals surface area contributed by atoms with E-state index in [2.05, 4.69) is 34.0 Å². The molecule has 4 nitrogen and oxygen atoms in total. The largest absolute Gasteiger partial charge is 0.322 e. The van der Waals surface area contributed by atoms with Crippen molar-refractivity contribution >= 4 is 67.9 Å². The van der Waals surface area contributed by atoms with Crippen LogP contribution in [0.1, 0.15) is 10.4 Å². The van der Waals surface area contributed by atoms with Crippen LogP contribution in [0.4, 0.5) is 5.69 Å². The lowest BCUT2D eigenvalue weighted by Crippen LogP contribution is -2.12. The number of halogens is 1. The Labute approximate surface area is 194 Å². The normalized spacial score (nSPS) is 11.0. The number of hydrogen-bond donors (Lipinski definition) is 1. The SMILES string of the molecule is O=C(Nc1ccc(I)cc1)c1ccc2nc(-c3cccs3)c(-c3cccs3)nc2c1. The summed E-state index contributed by atoms with van der Waals surface area (Å²) in [5.74, 6) is -0.167. The van der Waals surface area contributed by atoms with Gasteiger partial charge in [-0.1, -0.05) is 12.1 Å². The van der Waals surface area contributed by atoms with Crippen molar-refractivity contribution in [3.05, 3.63) is 86.6 Å². The Balaban J connectivity index is 1.56. The molecular formula is C23H14IN3OS2. The number of rotatable bonds is 4. The third-order valence-corrected chi connectivity index (χ3v) is 7.01. The van der Waals surface area contributed by atoms with Gasteiger partial charge >= 0.3 is 0 Å². The highest BCUT2D eigenvalue weighted by Gasteiger charge is 2.16. The Kier molecular flexibility index (Phi) is 5.32. The zero-order chi connectivity index (χ0) is 20.5. The summed E-state index contributed by atoms with van der Waals surface area (Å²) in [7, 11) is 0. The number of carbonyl (C=O) groups is 1. The second-order valence-corrected chi connectivity index (χ2v) is 9.68. The molecule has 2 aromatic carbocycles. The third-order valence-electron chi connectivity index (χ3n) is 4.54. The zero-order valence-electron chi connectivity index (χ0n) is 15.5. The van der Waals surface area contributed by atoms with E-state index >= 15 is 0 Å². The zero-order valence-corrected chi connectivity index (χ0v) is 19.3. The van der Waals surface area contributed by atoms with Gasteiger partial charge in [0.2, 0.25) is 0 Å². The predicted octanol–water partition coefficient (Wildman–Crippen LogP) is 6.94. The molecule has 0 aliphatic rings. The standard InChI is InChI=1S/C23H14IN3OS2/c24-15-6-8-16(9-7-15)25-23(28)14-5-10-17-18(13-14)27-22(20-4-2-12-30-20)21(26-17)19-3-1-11-29-19/h1-13H,(H,25,28). The van der Waals surface area contributed by atoms with Crippen LogP contribution in [-0.4, -0.2) is 15.9 Å². The van der Waals surface area contributed by atoms with Crippen LogP contribution in [0, 0.1) is 3.57 Å². The van der Waals surface area contributed by atoms with Crippen LogP contribution in [0.15, 0.2) is 77.5 Å². The highest BCUT2D eigenvalue weighted by Crippen LogP contribution is 2.35. The maximum Gasteiger partial charge on any atom is 0.255 e. The van der Waals surface area contributed by atoms with Gasteiger partial charge in [-0.05, 0) is 87.9 Å². The summed E-state index contributed by atoms with van der Waals surface area (Å²) < 4.78 is 1.12. The van der Waals surface area contributed by atoms with E-state index in [9.17, 15) is 4.79 Å². The molecule has 0 bridgehead atoms. The minimum Gasteiger partial charge on any atom is -0.322 e. The fourth-order valence-electron chi connectivity index (χ4n) is 3.10. The number of anilines is 1. The molecule has 146 valence electrons. The van der Waals surface area contributed by atoms with Crippen LogP contribution < -0.4 is 5.32 Å². The number of benzene rings is 2. The molecule has 3 aromatic heterocycles. The number of nitrogens with one attached hydrogen (secondary N) is 1. The van der Waals surface area contributed by atoms with Gasteiger partial charge in [0, 0.05) is 14.8 Å². The van der Waals surface area contributed by atoms with E-state index in [1.54, 1.807) is 34.8 Å². The van der Waals surface area contributed by atoms with Crippen molar-refractivity contribution in [1.82, 2.24) is 9.97 Å². The maximum atomic E-state index is 12.8. The van der Waals surface area contributed by atoms with Crippen molar-refractivity contribution in [2.45, 2.75) is 0 Å². The molecule has 0 radical (unpaired) electrons. The average Bonchev–Trinajstić information content (AvgIpc) is 3.48. The Morgan fingerprint density at radius 2 is 1.43 bits per heavy atom. The molecule has 0 spiro atoms. The maximum absolute atomic E-state index is 12.8. The van der Waals surface area contributed by atoms with E-state index in [4.69, 9.17) is 9.97 Å². The molecule has 0 saturated heterocycles. The minimum absolute atomic E-state index is 0.167. The Morgan fingerprint density at radius 3 is 2.03 bits per heavy atom. The fraction of sp³-hybridized carbons (Fsp3) is 0. The van der Waals surface area contributed by atoms with E-state index in [-0.39, 0.29) is 5.91 Å². The number of hydrogen-bond acceptors (Lipinski definition) is 5. The lowest BCUT2D eigenvalue weighted by Gasteiger charge is -2.09. The Bertz CT molecular complexity index is 1330. The highest BCUT2D eigenvalue weighted by molar-refractivity contribution is 14.1. The summed E-state index contributed by atoms with van der Waals surface area (Å²) in [4.78, 5) is 24.7. The van der Waals surface area contributed by atoms with E-state index in [1.165, 1.54) is 0 Å². The topological polar surface area (TPSA) is 54.9 Å². The molecule has 1 N–H and O–H groups in total. The van der Waals surface area contributed by atoms with Crippen LogP contribution in [-0.2, 0) is 0 Å². The Hall–Kier alpha value is -2.62. The van der Waals surface area contributed by atoms with Gasteiger partial charge in [0.25, 0.3) is 5.91 Å². The predicted molar refractivity (Wildman–Crippen MR) is 133 cm³/mol. The third kappa shape index (κ3) is 3.88. The Morgan fingerprint density at radius 1 is 0.800 bits per heavy atom. The first-order valence-electron chi connectivity index (χ1n) is 9.14. The first-order valence-corrected chi connectivity index (χ1v) is 12.0. The molecule has 5 rings (SSSR count). The van der Waals surface area contributed by atoms with Gasteiger partial charge in [0.05, 0.1) is 20.8 Å². The van der Waals surface area contributed by atoms with Gasteiger partial charge in [-0.2, -0.15) is 0 Å². The van der Waals surface area contributed by atoms with E-state index in [0.29, 0.717) is 11.1 Å². The molecule has 5 aromatic rings. The second kappa shape index (κ2) is 8.25. The molecule has 0 saturated carbocycles. The second-order valence-electron chi connectivity index (χ2n) is 6.54. The average molecular weight is 539 g/mol. The van der Waals surface area contributed by atoms with Crippen molar-refractivity contribution in [1.29, 1.82) is 0 Å². The smallest absolute Gasteiger partial charge is 0.255 e. The molecule has 0 aliphatic heterocycles. The van der Waals surface area contributed by atoms with E-state index < -0.39 is 0 Å². The number of amides is 1. The van der Waals surface area contributed by atoms with Crippen molar-refractivity contribution < 1.29 is 4.79 Å². The molecule has 30 heavy (non-hydrogen) atoms. The first kappa shape index (κ1) is 19.3. The number of nitrogens with zero attached hydrogens (tertiary/aromatic N) is 2. The van der Waals surface area contributed by atoms with E-state index in [1.807, 2.05) is 59.3 Å². The molecule has 0 fully saturated rings. The molecular weight excluding hydrogens is 525 g/mol. The molecule has 1 amide bonds. The van der Waals surface area contributed by atoms with Gasteiger partial charge in [0.1, 0.15) is 11.4 Å². The van der Waals surface area contributed by atoms with Crippen molar-refractivity contribution in [2.75, 3.05) is 5.32 Å². The molecule has 7 heteroatoms. The number of aromatic nitrogens is 2. The minimum atomic E-state index is -0.167. The van der Waals surface area contributed by atoms with Crippen LogP contribution in [0.2, 0.25) is 0 Å². The summed E-state index contributed by atoms with van der Waals surface area (Å²) in [5, 5.41) is 7.01. The summed E-state index contributed by atoms with van der Waals surface area (Å²) in [5.41, 5.74) is 4.50. The van der Waals surface area contributed by atoms with Crippen LogP contribution in [0.3, 0.4) is 0 Å². The van der Waals surface area contributed by atoms with Gasteiger partial charge < -0.3 is 5.32 Å². The molecule has 3 heterocycles. The van der Waals surface area contributed by atoms with Gasteiger partial charge in [-0.3, -0.25) is 4.79 Å². The van der Waals surface area contributed by atoms with Crippen molar-refractivity contribution in [3.63, 3.8) is 0 Å². The molecule has 0 atom stereocenters. The molecule has 0 aliphatic carbocycles.